The van der Waals surface area contributed by atoms with Crippen molar-refractivity contribution in [3.8, 4) is 11.5 Å². The summed E-state index contributed by atoms with van der Waals surface area (Å²) in [7, 11) is -5.18. The topological polar surface area (TPSA) is 266 Å². The largest absolute Gasteiger partial charge is 0.588 e. The zero-order valence-electron chi connectivity index (χ0n) is 66.2. The van der Waals surface area contributed by atoms with Crippen LogP contribution in [0.25, 0.3) is 0 Å². The number of benzene rings is 3. The maximum atomic E-state index is 15.9. The Morgan fingerprint density at radius 2 is 0.955 bits per heavy atom. The molecule has 0 spiro atoms. The number of para-hydroxylation sites is 2. The van der Waals surface area contributed by atoms with Gasteiger partial charge in [-0.25, -0.2) is 19.6 Å². The zero-order chi connectivity index (χ0) is 81.0. The normalized spacial score (nSPS) is 16.8. The fourth-order valence-corrected chi connectivity index (χ4v) is 14.0. The second-order valence-corrected chi connectivity index (χ2v) is 35.3. The number of rotatable bonds is 61. The van der Waals surface area contributed by atoms with Gasteiger partial charge in [0.15, 0.2) is 11.9 Å². The first-order valence-corrected chi connectivity index (χ1v) is 44.2. The van der Waals surface area contributed by atoms with Crippen LogP contribution in [-0.2, 0) is 77.6 Å². The molecule has 0 aromatic heterocycles. The molecule has 3 aromatic carbocycles. The van der Waals surface area contributed by atoms with Crippen molar-refractivity contribution in [2.75, 3.05) is 26.4 Å². The van der Waals surface area contributed by atoms with Gasteiger partial charge in [-0.15, -0.1) is 0 Å². The summed E-state index contributed by atoms with van der Waals surface area (Å²) < 4.78 is 79.0. The Hall–Kier alpha value is -4.55. The molecule has 8 atom stereocenters. The molecule has 29 heteroatoms. The summed E-state index contributed by atoms with van der Waals surface area (Å²) in [6.45, 7) is 8.88. The van der Waals surface area contributed by atoms with Gasteiger partial charge >= 0.3 is 32.0 Å². The van der Waals surface area contributed by atoms with Crippen LogP contribution in [0.3, 0.4) is 0 Å². The van der Waals surface area contributed by atoms with Crippen LogP contribution >= 0.6 is 77.4 Å². The summed E-state index contributed by atoms with van der Waals surface area (Å²) in [5.41, 5.74) is 1.44. The van der Waals surface area contributed by atoms with Crippen LogP contribution in [0.1, 0.15) is 278 Å². The van der Waals surface area contributed by atoms with Gasteiger partial charge < -0.3 is 57.6 Å². The Morgan fingerprint density at radius 3 is 1.41 bits per heavy atom. The van der Waals surface area contributed by atoms with E-state index in [1.54, 1.807) is 36.4 Å². The third-order valence-electron chi connectivity index (χ3n) is 18.6. The summed E-state index contributed by atoms with van der Waals surface area (Å²) in [4.78, 5) is 91.6. The van der Waals surface area contributed by atoms with Gasteiger partial charge in [0.05, 0.1) is 38.7 Å². The lowest BCUT2D eigenvalue weighted by Gasteiger charge is -2.45. The van der Waals surface area contributed by atoms with Gasteiger partial charge in [-0.05, 0) is 82.2 Å². The highest BCUT2D eigenvalue weighted by atomic mass is 35.6. The highest BCUT2D eigenvalue weighted by molar-refractivity contribution is 7.49. The van der Waals surface area contributed by atoms with E-state index in [1.165, 1.54) is 70.2 Å². The molecule has 111 heavy (non-hydrogen) atoms. The monoisotopic (exact) mass is 1700 g/mol. The lowest BCUT2D eigenvalue weighted by molar-refractivity contribution is -0.282. The number of amides is 3. The molecule has 3 N–H and O–H groups in total. The standard InChI is InChI=1S/C82H126Cl6N3O19P/c1-7-11-15-19-23-25-27-29-38-52-67(103-72(94)54-44-31-21-17-13-9-3)56-70(92)89-64(59-99-58-63-46-36-33-37-47-63)60-100-77-74(90-78(96)102-62-81(83,84)85)76(107-91-71(93)57-68(53-39-30-28-26-24-20-16-12-8-2)104-73(95)55-45-32-22-18-14-10-4)75(69(105-77)61-101-79(97)106-80(5,6)82(86,87)88)110-111(98,108-65-48-40-34-41-49-65)109-66-50-42-35-43-51-66/h33-37,40-43,46-51,64,67-69,74-77H,7-32,38-39,44-45,52-62H2,1-6H3,(H,89,92)(H,90,96)(H,91,93)/t64-,67-,68-,69-,74+,75-,76-,77+/m1/s1. The SMILES string of the molecule is CCCCCCCCCCC[C@H](CC(=O)NO[C@@H]1[C@H](NC(=O)OCC(Cl)(Cl)Cl)[C@@H](OC[C@@H](COCc2ccccc2)NC(=O)C[C@@H](CCCCCCCCCCC)OC(=O)CCCCCCCC)O[C@H](COC(=O)OC(C)(C)C(Cl)(Cl)Cl)[C@H]1OP(=O)(Oc1ccccc1)Oc1ccccc1)OC(=O)CCCCCCCC. The number of nitrogens with one attached hydrogen (secondary N) is 3. The summed E-state index contributed by atoms with van der Waals surface area (Å²) in [6.07, 6.45) is 18.4. The molecule has 630 valence electrons. The lowest BCUT2D eigenvalue weighted by Crippen LogP contribution is -2.67. The van der Waals surface area contributed by atoms with Gasteiger partial charge in [-0.3, -0.25) is 28.5 Å². The van der Waals surface area contributed by atoms with Gasteiger partial charge in [0.1, 0.15) is 61.3 Å². The first-order chi connectivity index (χ1) is 53.2. The quantitative estimate of drug-likeness (QED) is 0.0118. The molecule has 1 fully saturated rings. The Balaban J connectivity index is 1.89. The second-order valence-electron chi connectivity index (χ2n) is 29.0. The number of alkyl halides is 6. The first kappa shape index (κ1) is 98.8. The molecule has 3 aromatic rings. The number of unbranched alkanes of at least 4 members (excludes halogenated alkanes) is 26. The van der Waals surface area contributed by atoms with E-state index in [2.05, 4.69) is 43.8 Å². The zero-order valence-corrected chi connectivity index (χ0v) is 71.7. The first-order valence-electron chi connectivity index (χ1n) is 40.5. The smallest absolute Gasteiger partial charge is 0.462 e. The Morgan fingerprint density at radius 1 is 0.523 bits per heavy atom. The molecule has 1 heterocycles. The minimum absolute atomic E-state index is 0.0245. The highest BCUT2D eigenvalue weighted by Crippen LogP contribution is 2.53. The summed E-state index contributed by atoms with van der Waals surface area (Å²) in [5.74, 6) is -2.27. The fourth-order valence-electron chi connectivity index (χ4n) is 12.3. The highest BCUT2D eigenvalue weighted by Gasteiger charge is 2.55. The molecular weight excluding hydrogens is 1570 g/mol. The Labute approximate surface area is 690 Å². The van der Waals surface area contributed by atoms with Crippen molar-refractivity contribution >= 4 is 113 Å². The maximum absolute atomic E-state index is 15.9. The van der Waals surface area contributed by atoms with Gasteiger partial charge in [-0.2, -0.15) is 0 Å². The fraction of sp³-hybridized carbons (Fsp3) is 0.707. The number of hydrogen-bond acceptors (Lipinski definition) is 19. The molecule has 0 bridgehead atoms. The third kappa shape index (κ3) is 45.5. The molecule has 22 nitrogen and oxygen atoms in total. The van der Waals surface area contributed by atoms with Crippen molar-refractivity contribution in [2.24, 2.45) is 0 Å². The van der Waals surface area contributed by atoms with Crippen molar-refractivity contribution < 1.29 is 89.6 Å². The van der Waals surface area contributed by atoms with Crippen LogP contribution < -0.4 is 25.2 Å². The predicted molar refractivity (Wildman–Crippen MR) is 436 cm³/mol. The average molecular weight is 1700 g/mol. The number of hydrogen-bond donors (Lipinski definition) is 3. The summed E-state index contributed by atoms with van der Waals surface area (Å²) >= 11 is 37.2. The molecule has 0 unspecified atom stereocenters. The van der Waals surface area contributed by atoms with Crippen LogP contribution in [0.4, 0.5) is 9.59 Å². The number of esters is 2. The number of phosphoric ester groups is 1. The van der Waals surface area contributed by atoms with Gasteiger partial charge in [0.25, 0.3) is 0 Å². The summed E-state index contributed by atoms with van der Waals surface area (Å²) in [6, 6.07) is 22.0. The van der Waals surface area contributed by atoms with Crippen molar-refractivity contribution in [3.05, 3.63) is 96.6 Å². The van der Waals surface area contributed by atoms with Gasteiger partial charge in [0, 0.05) is 12.8 Å². The Kier molecular flexibility index (Phi) is 51.2. The molecular formula is C82H126Cl6N3O19P. The molecule has 0 aliphatic carbocycles. The minimum atomic E-state index is -5.18. The van der Waals surface area contributed by atoms with E-state index in [0.29, 0.717) is 38.5 Å². The van der Waals surface area contributed by atoms with E-state index in [9.17, 15) is 28.8 Å². The number of alkyl carbamates (subject to hydrolysis) is 1. The van der Waals surface area contributed by atoms with Crippen molar-refractivity contribution in [2.45, 2.75) is 341 Å². The van der Waals surface area contributed by atoms with E-state index in [-0.39, 0.29) is 44.0 Å². The lowest BCUT2D eigenvalue weighted by atomic mass is 9.97. The van der Waals surface area contributed by atoms with Crippen molar-refractivity contribution in [1.82, 2.24) is 16.1 Å². The van der Waals surface area contributed by atoms with Crippen LogP contribution in [0.15, 0.2) is 91.0 Å². The molecule has 1 aliphatic rings. The van der Waals surface area contributed by atoms with Crippen LogP contribution in [0, 0.1) is 0 Å². The number of phosphoric acid groups is 1. The molecule has 3 amide bonds. The van der Waals surface area contributed by atoms with Crippen molar-refractivity contribution in [3.63, 3.8) is 0 Å². The minimum Gasteiger partial charge on any atom is -0.462 e. The number of ether oxygens (including phenoxy) is 8. The average Bonchev–Trinajstić information content (AvgIpc) is 0.771. The number of carbonyl (C=O) groups is 6. The van der Waals surface area contributed by atoms with Gasteiger partial charge in [0.2, 0.25) is 19.4 Å². The number of halogens is 6. The van der Waals surface area contributed by atoms with E-state index in [0.717, 1.165) is 140 Å². The second kappa shape index (κ2) is 57.5. The maximum Gasteiger partial charge on any atom is 0.588 e. The Bertz CT molecular complexity index is 3010. The van der Waals surface area contributed by atoms with Crippen LogP contribution in [0.5, 0.6) is 11.5 Å². The van der Waals surface area contributed by atoms with Crippen LogP contribution in [-0.4, -0.2) is 125 Å². The van der Waals surface area contributed by atoms with E-state index in [1.807, 2.05) is 30.3 Å². The van der Waals surface area contributed by atoms with Crippen LogP contribution in [0.2, 0.25) is 0 Å². The number of hydroxylamine groups is 1. The molecule has 0 saturated carbocycles. The predicted octanol–water partition coefficient (Wildman–Crippen LogP) is 22.2. The third-order valence-corrected chi connectivity index (χ3v) is 21.6. The molecule has 0 radical (unpaired) electrons. The van der Waals surface area contributed by atoms with Gasteiger partial charge in [-0.1, -0.05) is 331 Å². The van der Waals surface area contributed by atoms with E-state index >= 15 is 4.57 Å². The van der Waals surface area contributed by atoms with E-state index in [4.69, 9.17) is 126 Å². The van der Waals surface area contributed by atoms with E-state index < -0.39 is 132 Å². The molecule has 1 aliphatic heterocycles. The molecule has 4 rings (SSSR count). The molecule has 1 saturated heterocycles. The summed E-state index contributed by atoms with van der Waals surface area (Å²) in [5, 5.41) is 5.67. The van der Waals surface area contributed by atoms with Crippen molar-refractivity contribution in [1.29, 1.82) is 0 Å². The number of carbonyl (C=O) groups excluding carboxylic acids is 6.